The topological polar surface area (TPSA) is 77.2 Å². The van der Waals surface area contributed by atoms with Gasteiger partial charge in [0.05, 0.1) is 24.2 Å². The van der Waals surface area contributed by atoms with Crippen LogP contribution in [0.2, 0.25) is 0 Å². The summed E-state index contributed by atoms with van der Waals surface area (Å²) in [6.45, 7) is 3.57. The van der Waals surface area contributed by atoms with Crippen molar-refractivity contribution in [3.8, 4) is 6.01 Å². The van der Waals surface area contributed by atoms with Gasteiger partial charge in [-0.05, 0) is 26.0 Å². The van der Waals surface area contributed by atoms with Crippen LogP contribution >= 0.6 is 0 Å². The number of carbonyl (C=O) groups is 1. The van der Waals surface area contributed by atoms with Crippen LogP contribution in [0.3, 0.4) is 0 Å². The number of aromatic nitrogens is 2. The lowest BCUT2D eigenvalue weighted by Gasteiger charge is -2.10. The van der Waals surface area contributed by atoms with Crippen LogP contribution in [0, 0.1) is 13.8 Å². The van der Waals surface area contributed by atoms with E-state index in [9.17, 15) is 4.79 Å². The third kappa shape index (κ3) is 2.50. The Labute approximate surface area is 127 Å². The molecule has 0 radical (unpaired) electrons. The Kier molecular flexibility index (Phi) is 3.50. The highest BCUT2D eigenvalue weighted by Crippen LogP contribution is 2.23. The highest BCUT2D eigenvalue weighted by molar-refractivity contribution is 6.05. The number of para-hydroxylation sites is 1. The summed E-state index contributed by atoms with van der Waals surface area (Å²) in [5, 5.41) is 3.68. The zero-order chi connectivity index (χ0) is 15.7. The number of furan rings is 1. The lowest BCUT2D eigenvalue weighted by molar-refractivity contribution is 0.0998. The van der Waals surface area contributed by atoms with Crippen LogP contribution in [0.15, 0.2) is 34.7 Å². The van der Waals surface area contributed by atoms with Gasteiger partial charge in [0.2, 0.25) is 0 Å². The molecule has 0 aliphatic heterocycles. The number of hydrogen-bond donors (Lipinski definition) is 1. The molecule has 0 spiro atoms. The number of methoxy groups -OCH3 is 1. The molecule has 1 amide bonds. The second kappa shape index (κ2) is 5.48. The molecule has 0 bridgehead atoms. The fourth-order valence-electron chi connectivity index (χ4n) is 2.23. The first-order valence-corrected chi connectivity index (χ1v) is 6.77. The summed E-state index contributed by atoms with van der Waals surface area (Å²) in [5.41, 5.74) is 2.50. The Hall–Kier alpha value is -2.89. The number of aryl methyl sites for hydroxylation is 2. The Balaban J connectivity index is 1.91. The second-order valence-corrected chi connectivity index (χ2v) is 4.86. The molecule has 3 rings (SSSR count). The Morgan fingerprint density at radius 3 is 2.50 bits per heavy atom. The largest absolute Gasteiger partial charge is 0.467 e. The first-order valence-electron chi connectivity index (χ1n) is 6.77. The maximum atomic E-state index is 12.4. The van der Waals surface area contributed by atoms with Gasteiger partial charge in [0.25, 0.3) is 5.91 Å². The maximum Gasteiger partial charge on any atom is 0.316 e. The van der Waals surface area contributed by atoms with Crippen molar-refractivity contribution in [2.45, 2.75) is 13.8 Å². The van der Waals surface area contributed by atoms with Crippen molar-refractivity contribution in [2.24, 2.45) is 0 Å². The third-order valence-corrected chi connectivity index (χ3v) is 3.32. The molecular weight excluding hydrogens is 282 g/mol. The molecule has 0 saturated carbocycles. The average Bonchev–Trinajstić information content (AvgIpc) is 2.94. The van der Waals surface area contributed by atoms with Gasteiger partial charge in [-0.25, -0.2) is 0 Å². The fourth-order valence-corrected chi connectivity index (χ4v) is 2.23. The molecule has 2 heterocycles. The predicted molar refractivity (Wildman–Crippen MR) is 82.2 cm³/mol. The molecular formula is C16H15N3O3. The minimum Gasteiger partial charge on any atom is -0.467 e. The van der Waals surface area contributed by atoms with Crippen LogP contribution < -0.4 is 10.1 Å². The van der Waals surface area contributed by atoms with Crippen LogP contribution in [0.25, 0.3) is 11.0 Å². The third-order valence-electron chi connectivity index (χ3n) is 3.32. The van der Waals surface area contributed by atoms with Crippen LogP contribution in [0.5, 0.6) is 6.01 Å². The number of benzene rings is 1. The molecule has 6 nitrogen and oxygen atoms in total. The number of nitrogens with zero attached hydrogens (tertiary/aromatic N) is 2. The van der Waals surface area contributed by atoms with E-state index < -0.39 is 0 Å². The van der Waals surface area contributed by atoms with Gasteiger partial charge >= 0.3 is 6.01 Å². The van der Waals surface area contributed by atoms with E-state index in [4.69, 9.17) is 9.15 Å². The summed E-state index contributed by atoms with van der Waals surface area (Å²) >= 11 is 0. The van der Waals surface area contributed by atoms with Gasteiger partial charge in [-0.15, -0.1) is 0 Å². The van der Waals surface area contributed by atoms with Crippen LogP contribution in [-0.4, -0.2) is 23.0 Å². The first kappa shape index (κ1) is 14.1. The number of ether oxygens (including phenoxy) is 1. The van der Waals surface area contributed by atoms with Gasteiger partial charge in [0.1, 0.15) is 5.58 Å². The zero-order valence-electron chi connectivity index (χ0n) is 12.5. The predicted octanol–water partition coefficient (Wildman–Crippen LogP) is 3.10. The monoisotopic (exact) mass is 297 g/mol. The summed E-state index contributed by atoms with van der Waals surface area (Å²) in [6, 6.07) is 9.45. The Bertz CT molecular complexity index is 799. The molecule has 22 heavy (non-hydrogen) atoms. The molecule has 1 aromatic carbocycles. The summed E-state index contributed by atoms with van der Waals surface area (Å²) in [6.07, 6.45) is 0. The molecule has 0 aliphatic rings. The maximum absolute atomic E-state index is 12.4. The molecule has 112 valence electrons. The van der Waals surface area contributed by atoms with E-state index in [0.717, 1.165) is 5.39 Å². The van der Waals surface area contributed by atoms with Gasteiger partial charge in [-0.2, -0.15) is 9.97 Å². The number of fused-ring (bicyclic) bond motifs is 1. The molecule has 0 unspecified atom stereocenters. The standard InChI is InChI=1S/C16H15N3O3/c1-9-14(10(2)18-16(17-9)21-3)19-15(20)13-8-11-6-4-5-7-12(11)22-13/h4-8H,1-3H3,(H,19,20). The fraction of sp³-hybridized carbons (Fsp3) is 0.188. The van der Waals surface area contributed by atoms with E-state index in [-0.39, 0.29) is 17.7 Å². The second-order valence-electron chi connectivity index (χ2n) is 4.86. The van der Waals surface area contributed by atoms with Gasteiger partial charge < -0.3 is 14.5 Å². The van der Waals surface area contributed by atoms with Gasteiger partial charge in [0.15, 0.2) is 5.76 Å². The van der Waals surface area contributed by atoms with Crippen molar-refractivity contribution in [2.75, 3.05) is 12.4 Å². The zero-order valence-corrected chi connectivity index (χ0v) is 12.5. The molecule has 0 fully saturated rings. The summed E-state index contributed by atoms with van der Waals surface area (Å²) < 4.78 is 10.6. The van der Waals surface area contributed by atoms with Crippen LogP contribution in [0.1, 0.15) is 21.9 Å². The number of rotatable bonds is 3. The number of amides is 1. The smallest absolute Gasteiger partial charge is 0.316 e. The van der Waals surface area contributed by atoms with Gasteiger partial charge in [0, 0.05) is 5.39 Å². The number of anilines is 1. The SMILES string of the molecule is COc1nc(C)c(NC(=O)c2cc3ccccc3o2)c(C)n1. The minimum atomic E-state index is -0.337. The van der Waals surface area contributed by atoms with Gasteiger partial charge in [-0.1, -0.05) is 18.2 Å². The quantitative estimate of drug-likeness (QED) is 0.803. The minimum absolute atomic E-state index is 0.246. The average molecular weight is 297 g/mol. The molecule has 0 aliphatic carbocycles. The van der Waals surface area contributed by atoms with Crippen molar-refractivity contribution in [1.82, 2.24) is 9.97 Å². The molecule has 2 aromatic heterocycles. The van der Waals surface area contributed by atoms with E-state index in [1.807, 2.05) is 24.3 Å². The van der Waals surface area contributed by atoms with E-state index in [1.165, 1.54) is 7.11 Å². The Morgan fingerprint density at radius 2 is 1.86 bits per heavy atom. The van der Waals surface area contributed by atoms with E-state index in [0.29, 0.717) is 22.7 Å². The molecule has 0 saturated heterocycles. The van der Waals surface area contributed by atoms with Crippen LogP contribution in [0.4, 0.5) is 5.69 Å². The number of hydrogen-bond acceptors (Lipinski definition) is 5. The molecule has 3 aromatic rings. The highest BCUT2D eigenvalue weighted by atomic mass is 16.5. The highest BCUT2D eigenvalue weighted by Gasteiger charge is 2.16. The Morgan fingerprint density at radius 1 is 1.18 bits per heavy atom. The molecule has 0 atom stereocenters. The normalized spacial score (nSPS) is 10.7. The van der Waals surface area contributed by atoms with Crippen molar-refractivity contribution in [3.63, 3.8) is 0 Å². The van der Waals surface area contributed by atoms with E-state index in [1.54, 1.807) is 19.9 Å². The van der Waals surface area contributed by atoms with Gasteiger partial charge in [-0.3, -0.25) is 4.79 Å². The van der Waals surface area contributed by atoms with E-state index >= 15 is 0 Å². The van der Waals surface area contributed by atoms with E-state index in [2.05, 4.69) is 15.3 Å². The van der Waals surface area contributed by atoms with Crippen molar-refractivity contribution in [1.29, 1.82) is 0 Å². The van der Waals surface area contributed by atoms with Crippen molar-refractivity contribution < 1.29 is 13.9 Å². The molecule has 1 N–H and O–H groups in total. The van der Waals surface area contributed by atoms with Crippen molar-refractivity contribution >= 4 is 22.6 Å². The summed E-state index contributed by atoms with van der Waals surface area (Å²) in [5.74, 6) is -0.0908. The lowest BCUT2D eigenvalue weighted by Crippen LogP contribution is -2.14. The summed E-state index contributed by atoms with van der Waals surface area (Å²) in [7, 11) is 1.50. The first-order chi connectivity index (χ1) is 10.6. The number of nitrogens with one attached hydrogen (secondary N) is 1. The van der Waals surface area contributed by atoms with Crippen LogP contribution in [-0.2, 0) is 0 Å². The number of carbonyl (C=O) groups excluding carboxylic acids is 1. The van der Waals surface area contributed by atoms with Crippen molar-refractivity contribution in [3.05, 3.63) is 47.5 Å². The summed E-state index contributed by atoms with van der Waals surface area (Å²) in [4.78, 5) is 20.7. The molecule has 6 heteroatoms. The lowest BCUT2D eigenvalue weighted by atomic mass is 10.2.